The fourth-order valence-corrected chi connectivity index (χ4v) is 5.86. The number of carbonyl (C=O) groups is 1. The molecule has 0 spiro atoms. The van der Waals surface area contributed by atoms with Crippen molar-refractivity contribution < 1.29 is 14.3 Å². The van der Waals surface area contributed by atoms with Crippen LogP contribution in [0.1, 0.15) is 61.8 Å². The Morgan fingerprint density at radius 2 is 1.83 bits per heavy atom. The lowest BCUT2D eigenvalue weighted by Crippen LogP contribution is -2.51. The summed E-state index contributed by atoms with van der Waals surface area (Å²) in [6.45, 7) is 2.99. The molecule has 2 aliphatic heterocycles. The SMILES string of the molecule is CCNC1CC2CCC(C1)N2c1c(C(=O)O)c(=O)c2cc(F)cc(Cl)c2n1C1CC1. The van der Waals surface area contributed by atoms with Gasteiger partial charge in [0, 0.05) is 24.2 Å². The van der Waals surface area contributed by atoms with Gasteiger partial charge in [-0.1, -0.05) is 18.5 Å². The van der Waals surface area contributed by atoms with Crippen LogP contribution < -0.4 is 15.6 Å². The first-order valence-corrected chi connectivity index (χ1v) is 11.1. The predicted molar refractivity (Wildman–Crippen MR) is 114 cm³/mol. The van der Waals surface area contributed by atoms with E-state index in [1.807, 2.05) is 4.57 Å². The normalized spacial score (nSPS) is 25.8. The number of hydrogen-bond acceptors (Lipinski definition) is 4. The Kier molecular flexibility index (Phi) is 4.78. The minimum atomic E-state index is -1.26. The lowest BCUT2D eigenvalue weighted by molar-refractivity contribution is 0.0695. The van der Waals surface area contributed by atoms with Crippen LogP contribution in [0, 0.1) is 5.82 Å². The second-order valence-corrected chi connectivity index (χ2v) is 9.14. The molecule has 3 aliphatic rings. The van der Waals surface area contributed by atoms with E-state index in [9.17, 15) is 19.1 Å². The van der Waals surface area contributed by atoms with Crippen LogP contribution >= 0.6 is 11.6 Å². The molecular weight excluding hydrogens is 409 g/mol. The number of halogens is 2. The van der Waals surface area contributed by atoms with Crippen molar-refractivity contribution in [2.75, 3.05) is 11.4 Å². The molecule has 2 N–H and O–H groups in total. The minimum absolute atomic E-state index is 0.0444. The maximum atomic E-state index is 14.1. The molecule has 1 aliphatic carbocycles. The van der Waals surface area contributed by atoms with Crippen LogP contribution in [0.4, 0.5) is 10.2 Å². The maximum Gasteiger partial charge on any atom is 0.343 e. The van der Waals surface area contributed by atoms with Gasteiger partial charge in [0.1, 0.15) is 17.2 Å². The number of carboxylic acid groups (broad SMARTS) is 1. The van der Waals surface area contributed by atoms with Gasteiger partial charge < -0.3 is 19.9 Å². The standard InChI is InChI=1S/C22H25ClFN3O3/c1-2-25-12-9-14-5-6-15(10-12)26(14)21-18(22(29)30)20(28)16-7-11(24)8-17(23)19(16)27(21)13-3-4-13/h7-8,12-15,25H,2-6,9-10H2,1H3,(H,29,30). The highest BCUT2D eigenvalue weighted by molar-refractivity contribution is 6.35. The van der Waals surface area contributed by atoms with Crippen molar-refractivity contribution in [3.63, 3.8) is 0 Å². The second kappa shape index (κ2) is 7.24. The van der Waals surface area contributed by atoms with Crippen LogP contribution in [0.2, 0.25) is 5.02 Å². The average Bonchev–Trinajstić information content (AvgIpc) is 3.47. The van der Waals surface area contributed by atoms with Gasteiger partial charge in [0.15, 0.2) is 0 Å². The van der Waals surface area contributed by atoms with Gasteiger partial charge in [0.25, 0.3) is 0 Å². The number of nitrogens with zero attached hydrogens (tertiary/aromatic N) is 2. The van der Waals surface area contributed by atoms with E-state index >= 15 is 0 Å². The molecule has 2 bridgehead atoms. The zero-order valence-electron chi connectivity index (χ0n) is 16.8. The molecule has 3 fully saturated rings. The second-order valence-electron chi connectivity index (χ2n) is 8.74. The zero-order chi connectivity index (χ0) is 21.2. The largest absolute Gasteiger partial charge is 0.477 e. The van der Waals surface area contributed by atoms with Crippen molar-refractivity contribution in [1.82, 2.24) is 9.88 Å². The van der Waals surface area contributed by atoms with Crippen molar-refractivity contribution >= 4 is 34.3 Å². The van der Waals surface area contributed by atoms with E-state index in [-0.39, 0.29) is 34.1 Å². The van der Waals surface area contributed by atoms with E-state index in [1.54, 1.807) is 0 Å². The summed E-state index contributed by atoms with van der Waals surface area (Å²) in [6.07, 6.45) is 5.55. The smallest absolute Gasteiger partial charge is 0.343 e. The summed E-state index contributed by atoms with van der Waals surface area (Å²) in [7, 11) is 0. The fourth-order valence-electron chi connectivity index (χ4n) is 5.56. The third-order valence-corrected chi connectivity index (χ3v) is 7.08. The molecule has 3 heterocycles. The number of aromatic carboxylic acids is 1. The number of aromatic nitrogens is 1. The first kappa shape index (κ1) is 19.8. The number of anilines is 1. The van der Waals surface area contributed by atoms with Gasteiger partial charge in [-0.05, 0) is 57.2 Å². The van der Waals surface area contributed by atoms with Gasteiger partial charge in [-0.25, -0.2) is 9.18 Å². The molecule has 0 radical (unpaired) electrons. The van der Waals surface area contributed by atoms with Crippen molar-refractivity contribution in [1.29, 1.82) is 0 Å². The van der Waals surface area contributed by atoms with Crippen molar-refractivity contribution in [2.45, 2.75) is 69.6 Å². The summed E-state index contributed by atoms with van der Waals surface area (Å²) < 4.78 is 16.0. The van der Waals surface area contributed by atoms with Crippen molar-refractivity contribution in [3.8, 4) is 0 Å². The molecule has 6 nitrogen and oxygen atoms in total. The van der Waals surface area contributed by atoms with Gasteiger partial charge in [-0.2, -0.15) is 0 Å². The monoisotopic (exact) mass is 433 g/mol. The van der Waals surface area contributed by atoms with Gasteiger partial charge in [0.2, 0.25) is 5.43 Å². The van der Waals surface area contributed by atoms with Crippen LogP contribution in [-0.2, 0) is 0 Å². The summed E-state index contributed by atoms with van der Waals surface area (Å²) >= 11 is 6.43. The molecule has 2 saturated heterocycles. The summed E-state index contributed by atoms with van der Waals surface area (Å²) in [6, 6.07) is 3.15. The lowest BCUT2D eigenvalue weighted by Gasteiger charge is -2.42. The van der Waals surface area contributed by atoms with Crippen LogP contribution in [0.25, 0.3) is 10.9 Å². The predicted octanol–water partition coefficient (Wildman–Crippen LogP) is 3.94. The number of fused-ring (bicyclic) bond motifs is 3. The molecule has 1 saturated carbocycles. The molecule has 0 amide bonds. The summed E-state index contributed by atoms with van der Waals surface area (Å²) in [4.78, 5) is 27.8. The van der Waals surface area contributed by atoms with Crippen LogP contribution in [0.15, 0.2) is 16.9 Å². The number of pyridine rings is 1. The number of carboxylic acids is 1. The summed E-state index contributed by atoms with van der Waals surface area (Å²) in [5.74, 6) is -1.43. The number of hydrogen-bond donors (Lipinski definition) is 2. The van der Waals surface area contributed by atoms with E-state index in [1.165, 1.54) is 6.07 Å². The first-order valence-electron chi connectivity index (χ1n) is 10.7. The van der Waals surface area contributed by atoms with Crippen LogP contribution in [0.5, 0.6) is 0 Å². The Balaban J connectivity index is 1.78. The molecule has 30 heavy (non-hydrogen) atoms. The third kappa shape index (κ3) is 3.02. The van der Waals surface area contributed by atoms with E-state index in [2.05, 4.69) is 17.1 Å². The highest BCUT2D eigenvalue weighted by Crippen LogP contribution is 2.47. The quantitative estimate of drug-likeness (QED) is 0.747. The van der Waals surface area contributed by atoms with Gasteiger partial charge >= 0.3 is 5.97 Å². The maximum absolute atomic E-state index is 14.1. The zero-order valence-corrected chi connectivity index (χ0v) is 17.6. The number of piperidine rings is 1. The summed E-state index contributed by atoms with van der Waals surface area (Å²) in [5, 5.41) is 13.8. The third-order valence-electron chi connectivity index (χ3n) is 6.79. The average molecular weight is 434 g/mol. The van der Waals surface area contributed by atoms with E-state index < -0.39 is 17.2 Å². The van der Waals surface area contributed by atoms with E-state index in [4.69, 9.17) is 11.6 Å². The Bertz CT molecular complexity index is 1080. The number of rotatable bonds is 5. The molecule has 1 aromatic carbocycles. The van der Waals surface area contributed by atoms with Crippen molar-refractivity contribution in [3.05, 3.63) is 38.8 Å². The Hall–Kier alpha value is -2.12. The van der Waals surface area contributed by atoms with E-state index in [0.717, 1.165) is 51.1 Å². The Morgan fingerprint density at radius 3 is 2.40 bits per heavy atom. The van der Waals surface area contributed by atoms with Crippen LogP contribution in [-0.4, -0.2) is 40.3 Å². The number of benzene rings is 1. The van der Waals surface area contributed by atoms with Crippen LogP contribution in [0.3, 0.4) is 0 Å². The van der Waals surface area contributed by atoms with Gasteiger partial charge in [-0.15, -0.1) is 0 Å². The minimum Gasteiger partial charge on any atom is -0.477 e. The highest BCUT2D eigenvalue weighted by Gasteiger charge is 2.45. The molecule has 2 unspecified atom stereocenters. The Labute approximate surface area is 178 Å². The van der Waals surface area contributed by atoms with E-state index in [0.29, 0.717) is 17.4 Å². The highest BCUT2D eigenvalue weighted by atomic mass is 35.5. The fraction of sp³-hybridized carbons (Fsp3) is 0.545. The lowest BCUT2D eigenvalue weighted by atomic mass is 9.96. The first-order chi connectivity index (χ1) is 14.4. The Morgan fingerprint density at radius 1 is 1.20 bits per heavy atom. The molecular formula is C22H25ClFN3O3. The molecule has 160 valence electrons. The molecule has 5 rings (SSSR count). The molecule has 8 heteroatoms. The van der Waals surface area contributed by atoms with Crippen molar-refractivity contribution in [2.24, 2.45) is 0 Å². The van der Waals surface area contributed by atoms with Gasteiger partial charge in [-0.3, -0.25) is 4.79 Å². The molecule has 1 aromatic heterocycles. The summed E-state index contributed by atoms with van der Waals surface area (Å²) in [5.41, 5.74) is -0.451. The van der Waals surface area contributed by atoms with Gasteiger partial charge in [0.05, 0.1) is 15.9 Å². The topological polar surface area (TPSA) is 74.6 Å². The molecule has 2 aromatic rings. The number of nitrogens with one attached hydrogen (secondary N) is 1. The molecule has 2 atom stereocenters.